The fraction of sp³-hybridized carbons (Fsp3) is 0.429. The second-order valence-corrected chi connectivity index (χ2v) is 5.62. The molecule has 5 heteroatoms. The summed E-state index contributed by atoms with van der Waals surface area (Å²) in [6.45, 7) is 7.09. The first-order valence-corrected chi connectivity index (χ1v) is 6.32. The molecule has 0 spiro atoms. The molecule has 0 saturated heterocycles. The number of amides is 1. The standard InChI is InChI=1S/C14H18ClNO3/c1-9-6-5-7-10(12(9)15)11(8-17)16-13(18)19-14(2,3)4/h5-8,11H,1-4H3,(H,16,18). The van der Waals surface area contributed by atoms with Crippen molar-refractivity contribution in [3.05, 3.63) is 34.3 Å². The van der Waals surface area contributed by atoms with Crippen LogP contribution in [-0.4, -0.2) is 18.0 Å². The van der Waals surface area contributed by atoms with Gasteiger partial charge in [-0.05, 0) is 33.3 Å². The molecule has 0 radical (unpaired) electrons. The van der Waals surface area contributed by atoms with Gasteiger partial charge in [0, 0.05) is 10.6 Å². The number of carbonyl (C=O) groups excluding carboxylic acids is 2. The van der Waals surface area contributed by atoms with Crippen molar-refractivity contribution < 1.29 is 14.3 Å². The summed E-state index contributed by atoms with van der Waals surface area (Å²) in [5.41, 5.74) is 0.785. The normalized spacial score (nSPS) is 12.7. The molecule has 1 aromatic rings. The second-order valence-electron chi connectivity index (χ2n) is 5.24. The van der Waals surface area contributed by atoms with Gasteiger partial charge in [0.25, 0.3) is 0 Å². The molecular formula is C14H18ClNO3. The summed E-state index contributed by atoms with van der Waals surface area (Å²) in [4.78, 5) is 22.8. The minimum absolute atomic E-state index is 0.468. The number of halogens is 1. The van der Waals surface area contributed by atoms with Gasteiger partial charge in [0.1, 0.15) is 17.9 Å². The second kappa shape index (κ2) is 6.06. The van der Waals surface area contributed by atoms with Gasteiger partial charge in [0.05, 0.1) is 0 Å². The van der Waals surface area contributed by atoms with Crippen molar-refractivity contribution in [1.29, 1.82) is 0 Å². The van der Waals surface area contributed by atoms with Crippen molar-refractivity contribution in [1.82, 2.24) is 5.32 Å². The van der Waals surface area contributed by atoms with E-state index in [0.717, 1.165) is 5.56 Å². The molecule has 19 heavy (non-hydrogen) atoms. The van der Waals surface area contributed by atoms with E-state index in [1.165, 1.54) is 0 Å². The molecule has 0 saturated carbocycles. The number of rotatable bonds is 3. The third-order valence-corrected chi connectivity index (χ3v) is 2.88. The number of alkyl carbamates (subject to hydrolysis) is 1. The minimum Gasteiger partial charge on any atom is -0.444 e. The van der Waals surface area contributed by atoms with Gasteiger partial charge < -0.3 is 14.8 Å². The average Bonchev–Trinajstić information content (AvgIpc) is 2.27. The van der Waals surface area contributed by atoms with Crippen molar-refractivity contribution in [3.8, 4) is 0 Å². The molecule has 1 atom stereocenters. The summed E-state index contributed by atoms with van der Waals surface area (Å²) in [6, 6.07) is 4.50. The van der Waals surface area contributed by atoms with Gasteiger partial charge >= 0.3 is 6.09 Å². The number of aryl methyl sites for hydroxylation is 1. The van der Waals surface area contributed by atoms with E-state index in [2.05, 4.69) is 5.32 Å². The summed E-state index contributed by atoms with van der Waals surface area (Å²) in [6.07, 6.45) is -0.0212. The lowest BCUT2D eigenvalue weighted by Gasteiger charge is -2.22. The molecule has 0 heterocycles. The Balaban J connectivity index is 2.87. The van der Waals surface area contributed by atoms with Crippen LogP contribution in [0.4, 0.5) is 4.79 Å². The Morgan fingerprint density at radius 2 is 2.05 bits per heavy atom. The molecule has 1 unspecified atom stereocenters. The lowest BCUT2D eigenvalue weighted by atomic mass is 10.1. The number of benzene rings is 1. The predicted octanol–water partition coefficient (Wildman–Crippen LogP) is 3.41. The Hall–Kier alpha value is -1.55. The Bertz CT molecular complexity index is 480. The molecule has 0 aliphatic carbocycles. The molecule has 1 rings (SSSR count). The van der Waals surface area contributed by atoms with E-state index in [9.17, 15) is 9.59 Å². The molecule has 0 bridgehead atoms. The summed E-state index contributed by atoms with van der Waals surface area (Å²) in [5.74, 6) is 0. The van der Waals surface area contributed by atoms with Crippen LogP contribution in [-0.2, 0) is 9.53 Å². The Morgan fingerprint density at radius 1 is 1.42 bits per heavy atom. The van der Waals surface area contributed by atoms with Crippen molar-refractivity contribution in [2.75, 3.05) is 0 Å². The quantitative estimate of drug-likeness (QED) is 0.865. The number of nitrogens with one attached hydrogen (secondary N) is 1. The average molecular weight is 284 g/mol. The number of ether oxygens (including phenoxy) is 1. The maximum Gasteiger partial charge on any atom is 0.408 e. The number of aldehydes is 1. The van der Waals surface area contributed by atoms with Crippen molar-refractivity contribution >= 4 is 24.0 Å². The lowest BCUT2D eigenvalue weighted by molar-refractivity contribution is -0.109. The third-order valence-electron chi connectivity index (χ3n) is 2.37. The highest BCUT2D eigenvalue weighted by Gasteiger charge is 2.21. The summed E-state index contributed by atoms with van der Waals surface area (Å²) < 4.78 is 5.11. The predicted molar refractivity (Wildman–Crippen MR) is 74.4 cm³/mol. The lowest BCUT2D eigenvalue weighted by Crippen LogP contribution is -2.35. The van der Waals surface area contributed by atoms with Gasteiger partial charge in [-0.25, -0.2) is 4.79 Å². The van der Waals surface area contributed by atoms with E-state index in [1.54, 1.807) is 32.9 Å². The first kappa shape index (κ1) is 15.5. The Morgan fingerprint density at radius 3 is 2.58 bits per heavy atom. The summed E-state index contributed by atoms with van der Waals surface area (Å²) in [5, 5.41) is 2.96. The van der Waals surface area contributed by atoms with Crippen LogP contribution in [0.1, 0.15) is 37.9 Å². The Kier molecular flexibility index (Phi) is 4.95. The van der Waals surface area contributed by atoms with Gasteiger partial charge in [0.2, 0.25) is 0 Å². The van der Waals surface area contributed by atoms with Crippen LogP contribution in [0.25, 0.3) is 0 Å². The highest BCUT2D eigenvalue weighted by molar-refractivity contribution is 6.32. The van der Waals surface area contributed by atoms with E-state index in [-0.39, 0.29) is 0 Å². The van der Waals surface area contributed by atoms with Crippen molar-refractivity contribution in [2.24, 2.45) is 0 Å². The largest absolute Gasteiger partial charge is 0.444 e. The van der Waals surface area contributed by atoms with E-state index >= 15 is 0 Å². The molecule has 1 amide bonds. The molecule has 104 valence electrons. The van der Waals surface area contributed by atoms with Crippen LogP contribution >= 0.6 is 11.6 Å². The zero-order valence-electron chi connectivity index (χ0n) is 11.5. The molecule has 4 nitrogen and oxygen atoms in total. The fourth-order valence-corrected chi connectivity index (χ4v) is 1.77. The number of hydrogen-bond acceptors (Lipinski definition) is 3. The van der Waals surface area contributed by atoms with Crippen molar-refractivity contribution in [3.63, 3.8) is 0 Å². The highest BCUT2D eigenvalue weighted by Crippen LogP contribution is 2.25. The number of hydrogen-bond donors (Lipinski definition) is 1. The van der Waals surface area contributed by atoms with Gasteiger partial charge in [0.15, 0.2) is 0 Å². The monoisotopic (exact) mass is 283 g/mol. The van der Waals surface area contributed by atoms with E-state index < -0.39 is 17.7 Å². The first-order valence-electron chi connectivity index (χ1n) is 5.94. The molecule has 0 fully saturated rings. The van der Waals surface area contributed by atoms with Crippen LogP contribution in [0, 0.1) is 6.92 Å². The maximum atomic E-state index is 11.7. The maximum absolute atomic E-state index is 11.7. The fourth-order valence-electron chi connectivity index (χ4n) is 1.53. The van der Waals surface area contributed by atoms with Gasteiger partial charge in [-0.15, -0.1) is 0 Å². The Labute approximate surface area is 118 Å². The van der Waals surface area contributed by atoms with E-state index in [4.69, 9.17) is 16.3 Å². The minimum atomic E-state index is -0.817. The SMILES string of the molecule is Cc1cccc(C(C=O)NC(=O)OC(C)(C)C)c1Cl. The molecular weight excluding hydrogens is 266 g/mol. The van der Waals surface area contributed by atoms with Gasteiger partial charge in [-0.3, -0.25) is 0 Å². The van der Waals surface area contributed by atoms with Crippen LogP contribution in [0.3, 0.4) is 0 Å². The zero-order valence-corrected chi connectivity index (χ0v) is 12.2. The van der Waals surface area contributed by atoms with E-state index in [0.29, 0.717) is 16.9 Å². The van der Waals surface area contributed by atoms with Gasteiger partial charge in [-0.1, -0.05) is 29.8 Å². The van der Waals surface area contributed by atoms with Crippen LogP contribution in [0.2, 0.25) is 5.02 Å². The van der Waals surface area contributed by atoms with Gasteiger partial charge in [-0.2, -0.15) is 0 Å². The third kappa shape index (κ3) is 4.56. The molecule has 1 N–H and O–H groups in total. The van der Waals surface area contributed by atoms with Crippen LogP contribution in [0.15, 0.2) is 18.2 Å². The van der Waals surface area contributed by atoms with Crippen molar-refractivity contribution in [2.45, 2.75) is 39.3 Å². The zero-order chi connectivity index (χ0) is 14.6. The first-order chi connectivity index (χ1) is 8.74. The molecule has 1 aromatic carbocycles. The smallest absolute Gasteiger partial charge is 0.408 e. The summed E-state index contributed by atoms with van der Waals surface area (Å²) in [7, 11) is 0. The highest BCUT2D eigenvalue weighted by atomic mass is 35.5. The van der Waals surface area contributed by atoms with Crippen LogP contribution < -0.4 is 5.32 Å². The van der Waals surface area contributed by atoms with Crippen LogP contribution in [0.5, 0.6) is 0 Å². The topological polar surface area (TPSA) is 55.4 Å². The molecule has 0 aromatic heterocycles. The summed E-state index contributed by atoms with van der Waals surface area (Å²) >= 11 is 6.13. The molecule has 0 aliphatic rings. The van der Waals surface area contributed by atoms with E-state index in [1.807, 2.05) is 13.0 Å². The molecule has 0 aliphatic heterocycles. The number of carbonyl (C=O) groups is 2.